The molecule has 0 N–H and O–H groups in total. The molecule has 1 heteroatoms. The minimum atomic E-state index is -0.0616. The molecule has 0 spiro atoms. The van der Waals surface area contributed by atoms with Crippen molar-refractivity contribution in [1.82, 2.24) is 0 Å². The zero-order valence-corrected chi connectivity index (χ0v) is 23.7. The number of nitrogens with zero attached hydrogens (tertiary/aromatic N) is 1. The number of hydrogen-bond donors (Lipinski definition) is 0. The zero-order valence-electron chi connectivity index (χ0n) is 23.7. The van der Waals surface area contributed by atoms with Crippen LogP contribution in [0.2, 0.25) is 0 Å². The first kappa shape index (κ1) is 23.6. The van der Waals surface area contributed by atoms with E-state index >= 15 is 0 Å². The monoisotopic (exact) mass is 535 g/mol. The maximum atomic E-state index is 2.48. The molecule has 0 atom stereocenters. The van der Waals surface area contributed by atoms with Crippen molar-refractivity contribution in [2.45, 2.75) is 19.3 Å². The van der Waals surface area contributed by atoms with Crippen LogP contribution in [0, 0.1) is 0 Å². The Morgan fingerprint density at radius 1 is 0.405 bits per heavy atom. The summed E-state index contributed by atoms with van der Waals surface area (Å²) in [5, 5.41) is 5.18. The highest BCUT2D eigenvalue weighted by Gasteiger charge is 2.36. The van der Waals surface area contributed by atoms with Gasteiger partial charge in [-0.1, -0.05) is 117 Å². The molecule has 1 heterocycles. The van der Waals surface area contributed by atoms with Crippen molar-refractivity contribution in [2.24, 2.45) is 0 Å². The minimum Gasteiger partial charge on any atom is -0.309 e. The maximum Gasteiger partial charge on any atom is 0.0540 e. The van der Waals surface area contributed by atoms with Crippen molar-refractivity contribution >= 4 is 38.6 Å². The van der Waals surface area contributed by atoms with E-state index in [0.717, 1.165) is 0 Å². The lowest BCUT2D eigenvalue weighted by Gasteiger charge is -2.33. The van der Waals surface area contributed by atoms with Crippen molar-refractivity contribution < 1.29 is 0 Å². The molecule has 7 aromatic carbocycles. The van der Waals surface area contributed by atoms with Crippen LogP contribution in [0.4, 0.5) is 17.1 Å². The number of hydrogen-bond acceptors (Lipinski definition) is 1. The van der Waals surface area contributed by atoms with Crippen LogP contribution in [0.25, 0.3) is 54.9 Å². The Bertz CT molecular complexity index is 2150. The van der Waals surface area contributed by atoms with Gasteiger partial charge in [-0.05, 0) is 91.3 Å². The predicted octanol–water partition coefficient (Wildman–Crippen LogP) is 11.4. The van der Waals surface area contributed by atoms with Crippen LogP contribution in [0.15, 0.2) is 140 Å². The van der Waals surface area contributed by atoms with E-state index in [1.165, 1.54) is 83.1 Å². The van der Waals surface area contributed by atoms with Crippen molar-refractivity contribution in [2.75, 3.05) is 4.90 Å². The van der Waals surface area contributed by atoms with E-state index in [1.807, 2.05) is 0 Å². The second-order valence-corrected chi connectivity index (χ2v) is 12.2. The van der Waals surface area contributed by atoms with Gasteiger partial charge in [-0.15, -0.1) is 0 Å². The average Bonchev–Trinajstić information content (AvgIpc) is 3.24. The van der Waals surface area contributed by atoms with E-state index in [-0.39, 0.29) is 5.41 Å². The van der Waals surface area contributed by atoms with E-state index in [2.05, 4.69) is 158 Å². The van der Waals surface area contributed by atoms with Gasteiger partial charge in [0.25, 0.3) is 0 Å². The molecule has 0 amide bonds. The second-order valence-electron chi connectivity index (χ2n) is 12.2. The van der Waals surface area contributed by atoms with E-state index in [0.29, 0.717) is 0 Å². The summed E-state index contributed by atoms with van der Waals surface area (Å²) in [4.78, 5) is 2.48. The van der Waals surface area contributed by atoms with E-state index < -0.39 is 0 Å². The lowest BCUT2D eigenvalue weighted by molar-refractivity contribution is 0.661. The average molecular weight is 536 g/mol. The van der Waals surface area contributed by atoms with Gasteiger partial charge >= 0.3 is 0 Å². The molecule has 0 saturated heterocycles. The minimum absolute atomic E-state index is 0.0616. The topological polar surface area (TPSA) is 3.24 Å². The lowest BCUT2D eigenvalue weighted by Crippen LogP contribution is -2.16. The van der Waals surface area contributed by atoms with Crippen molar-refractivity contribution in [3.05, 3.63) is 151 Å². The van der Waals surface area contributed by atoms with E-state index in [9.17, 15) is 0 Å². The quantitative estimate of drug-likeness (QED) is 0.202. The third kappa shape index (κ3) is 3.14. The van der Waals surface area contributed by atoms with Gasteiger partial charge in [0.05, 0.1) is 11.4 Å². The molecule has 1 nitrogen and oxygen atoms in total. The van der Waals surface area contributed by atoms with E-state index in [1.54, 1.807) is 0 Å². The Hall–Kier alpha value is -5.14. The Morgan fingerprint density at radius 2 is 0.929 bits per heavy atom. The fourth-order valence-corrected chi connectivity index (χ4v) is 7.56. The molecule has 42 heavy (non-hydrogen) atoms. The maximum absolute atomic E-state index is 2.48. The summed E-state index contributed by atoms with van der Waals surface area (Å²) >= 11 is 0. The predicted molar refractivity (Wildman–Crippen MR) is 178 cm³/mol. The van der Waals surface area contributed by atoms with Crippen LogP contribution in [-0.4, -0.2) is 0 Å². The first-order chi connectivity index (χ1) is 20.6. The Labute approximate surface area is 246 Å². The lowest BCUT2D eigenvalue weighted by atomic mass is 9.82. The normalized spacial score (nSPS) is 14.1. The van der Waals surface area contributed by atoms with Crippen LogP contribution in [0.3, 0.4) is 0 Å². The highest BCUT2D eigenvalue weighted by molar-refractivity contribution is 6.12. The van der Waals surface area contributed by atoms with Crippen LogP contribution < -0.4 is 4.90 Å². The molecular weight excluding hydrogens is 506 g/mol. The third-order valence-electron chi connectivity index (χ3n) is 9.56. The molecule has 1 aliphatic carbocycles. The van der Waals surface area contributed by atoms with Gasteiger partial charge in [0.15, 0.2) is 0 Å². The molecule has 1 aliphatic heterocycles. The summed E-state index contributed by atoms with van der Waals surface area (Å²) in [5.41, 5.74) is 14.0. The summed E-state index contributed by atoms with van der Waals surface area (Å²) in [6, 6.07) is 51.8. The molecule has 7 aromatic rings. The largest absolute Gasteiger partial charge is 0.309 e. The van der Waals surface area contributed by atoms with Gasteiger partial charge in [0, 0.05) is 22.2 Å². The smallest absolute Gasteiger partial charge is 0.0540 e. The molecule has 0 bridgehead atoms. The van der Waals surface area contributed by atoms with Crippen LogP contribution >= 0.6 is 0 Å². The fraction of sp³-hybridized carbons (Fsp3) is 0.0732. The standard InChI is InChI=1S/C41H29N/c1-41(2)36-22-21-29(25-35(36)34-23-27-11-3-4-12-28(27)24-37(34)41)42-38-19-7-5-15-30(38)32-17-9-13-26-14-10-18-33(40(26)32)31-16-6-8-20-39(31)42/h3-25H,1-2H3. The van der Waals surface area contributed by atoms with Crippen molar-refractivity contribution in [1.29, 1.82) is 0 Å². The fourth-order valence-electron chi connectivity index (χ4n) is 7.56. The van der Waals surface area contributed by atoms with Crippen LogP contribution in [-0.2, 0) is 5.41 Å². The van der Waals surface area contributed by atoms with Gasteiger partial charge in [-0.3, -0.25) is 0 Å². The molecule has 0 unspecified atom stereocenters. The molecule has 0 fully saturated rings. The molecular formula is C41H29N. The first-order valence-electron chi connectivity index (χ1n) is 14.8. The third-order valence-corrected chi connectivity index (χ3v) is 9.56. The van der Waals surface area contributed by atoms with Gasteiger partial charge in [-0.2, -0.15) is 0 Å². The highest BCUT2D eigenvalue weighted by atomic mass is 15.1. The SMILES string of the molecule is CC1(C)c2ccc(N3c4ccccc4-c4cccc5cccc(c45)-c4ccccc43)cc2-c2cc3ccccc3cc21. The van der Waals surface area contributed by atoms with Gasteiger partial charge in [0.2, 0.25) is 0 Å². The molecule has 9 rings (SSSR count). The Kier molecular flexibility index (Phi) is 4.73. The molecule has 198 valence electrons. The Balaban J connectivity index is 1.35. The molecule has 0 saturated carbocycles. The van der Waals surface area contributed by atoms with Gasteiger partial charge in [-0.25, -0.2) is 0 Å². The summed E-state index contributed by atoms with van der Waals surface area (Å²) in [6.45, 7) is 4.73. The highest BCUT2D eigenvalue weighted by Crippen LogP contribution is 2.54. The molecule has 0 radical (unpaired) electrons. The summed E-state index contributed by atoms with van der Waals surface area (Å²) in [7, 11) is 0. The summed E-state index contributed by atoms with van der Waals surface area (Å²) in [5.74, 6) is 0. The first-order valence-corrected chi connectivity index (χ1v) is 14.8. The van der Waals surface area contributed by atoms with Crippen LogP contribution in [0.1, 0.15) is 25.0 Å². The Morgan fingerprint density at radius 3 is 1.60 bits per heavy atom. The van der Waals surface area contributed by atoms with Crippen molar-refractivity contribution in [3.8, 4) is 33.4 Å². The summed E-state index contributed by atoms with van der Waals surface area (Å²) in [6.07, 6.45) is 0. The van der Waals surface area contributed by atoms with Crippen molar-refractivity contribution in [3.63, 3.8) is 0 Å². The summed E-state index contributed by atoms with van der Waals surface area (Å²) < 4.78 is 0. The van der Waals surface area contributed by atoms with Gasteiger partial charge in [0.1, 0.15) is 0 Å². The number of anilines is 3. The zero-order chi connectivity index (χ0) is 28.0. The molecule has 0 aromatic heterocycles. The number of rotatable bonds is 1. The molecule has 2 aliphatic rings. The van der Waals surface area contributed by atoms with Crippen LogP contribution in [0.5, 0.6) is 0 Å². The second kappa shape index (κ2) is 8.44. The van der Waals surface area contributed by atoms with Gasteiger partial charge < -0.3 is 4.90 Å². The van der Waals surface area contributed by atoms with E-state index in [4.69, 9.17) is 0 Å². The number of benzene rings is 7. The number of para-hydroxylation sites is 2. The number of fused-ring (bicyclic) bond motifs is 8.